The predicted molar refractivity (Wildman–Crippen MR) is 90.2 cm³/mol. The van der Waals surface area contributed by atoms with E-state index in [1.807, 2.05) is 20.8 Å². The molecule has 1 aromatic heterocycles. The molecule has 1 aromatic carbocycles. The Labute approximate surface area is 139 Å². The summed E-state index contributed by atoms with van der Waals surface area (Å²) in [6.45, 7) is 6.19. The number of rotatable bonds is 6. The lowest BCUT2D eigenvalue weighted by atomic mass is 10.2. The lowest BCUT2D eigenvalue weighted by Gasteiger charge is -2.08. The Morgan fingerprint density at radius 2 is 1.83 bits per heavy atom. The average molecular weight is 330 g/mol. The third kappa shape index (κ3) is 4.24. The third-order valence-corrected chi connectivity index (χ3v) is 4.38. The van der Waals surface area contributed by atoms with Crippen LogP contribution in [0.25, 0.3) is 0 Å². The number of carbonyl (C=O) groups excluding carboxylic acids is 1. The van der Waals surface area contributed by atoms with Crippen molar-refractivity contribution in [3.05, 3.63) is 40.3 Å². The molecular formula is C17H18N2O3S. The van der Waals surface area contributed by atoms with E-state index in [2.05, 4.69) is 11.4 Å². The van der Waals surface area contributed by atoms with Crippen LogP contribution in [0.2, 0.25) is 0 Å². The van der Waals surface area contributed by atoms with Crippen LogP contribution >= 0.6 is 11.3 Å². The van der Waals surface area contributed by atoms with Crippen molar-refractivity contribution in [2.45, 2.75) is 20.8 Å². The summed E-state index contributed by atoms with van der Waals surface area (Å²) in [5.74, 6) is 1.05. The number of thiophene rings is 1. The highest BCUT2D eigenvalue weighted by Gasteiger charge is 2.14. The summed E-state index contributed by atoms with van der Waals surface area (Å²) in [5, 5.41) is 12.5. The van der Waals surface area contributed by atoms with Gasteiger partial charge in [-0.3, -0.25) is 4.79 Å². The number of carbonyl (C=O) groups is 1. The van der Waals surface area contributed by atoms with Crippen LogP contribution in [0.1, 0.15) is 22.9 Å². The van der Waals surface area contributed by atoms with Gasteiger partial charge in [0.2, 0.25) is 0 Å². The normalized spacial score (nSPS) is 10.0. The van der Waals surface area contributed by atoms with Crippen molar-refractivity contribution in [3.8, 4) is 17.6 Å². The Kier molecular flexibility index (Phi) is 5.61. The molecule has 0 saturated carbocycles. The average Bonchev–Trinajstić information content (AvgIpc) is 2.80. The van der Waals surface area contributed by atoms with Gasteiger partial charge in [0.15, 0.2) is 6.61 Å². The Morgan fingerprint density at radius 1 is 1.22 bits per heavy atom. The van der Waals surface area contributed by atoms with Crippen LogP contribution in [-0.2, 0) is 4.79 Å². The van der Waals surface area contributed by atoms with Crippen molar-refractivity contribution in [2.75, 3.05) is 18.5 Å². The predicted octanol–water partition coefficient (Wildman–Crippen LogP) is 3.65. The molecular weight excluding hydrogens is 312 g/mol. The number of hydrogen-bond donors (Lipinski definition) is 1. The first kappa shape index (κ1) is 16.8. The highest BCUT2D eigenvalue weighted by molar-refractivity contribution is 7.16. The van der Waals surface area contributed by atoms with Gasteiger partial charge in [-0.15, -0.1) is 11.3 Å². The SMILES string of the molecule is CCOc1ccc(OCC(=O)Nc2sc(C)c(C)c2C#N)cc1. The molecule has 1 heterocycles. The summed E-state index contributed by atoms with van der Waals surface area (Å²) >= 11 is 1.40. The first-order chi connectivity index (χ1) is 11.0. The molecule has 2 aromatic rings. The Balaban J connectivity index is 1.93. The number of nitrogens with one attached hydrogen (secondary N) is 1. The fraction of sp³-hybridized carbons (Fsp3) is 0.294. The molecule has 0 aliphatic rings. The Hall–Kier alpha value is -2.52. The summed E-state index contributed by atoms with van der Waals surface area (Å²) in [7, 11) is 0. The fourth-order valence-corrected chi connectivity index (χ4v) is 2.99. The van der Waals surface area contributed by atoms with E-state index in [1.165, 1.54) is 11.3 Å². The minimum Gasteiger partial charge on any atom is -0.494 e. The molecule has 0 fully saturated rings. The van der Waals surface area contributed by atoms with Gasteiger partial charge < -0.3 is 14.8 Å². The maximum absolute atomic E-state index is 12.0. The van der Waals surface area contributed by atoms with Gasteiger partial charge in [0.1, 0.15) is 22.6 Å². The molecule has 6 heteroatoms. The van der Waals surface area contributed by atoms with E-state index in [0.29, 0.717) is 22.9 Å². The molecule has 0 aliphatic heterocycles. The summed E-state index contributed by atoms with van der Waals surface area (Å²) in [5.41, 5.74) is 1.42. The Bertz CT molecular complexity index is 730. The molecule has 0 bridgehead atoms. The highest BCUT2D eigenvalue weighted by atomic mass is 32.1. The molecule has 5 nitrogen and oxygen atoms in total. The summed E-state index contributed by atoms with van der Waals surface area (Å²) in [6.07, 6.45) is 0. The first-order valence-electron chi connectivity index (χ1n) is 7.20. The maximum atomic E-state index is 12.0. The quantitative estimate of drug-likeness (QED) is 0.877. The Morgan fingerprint density at radius 3 is 2.39 bits per heavy atom. The zero-order valence-corrected chi connectivity index (χ0v) is 14.1. The van der Waals surface area contributed by atoms with Crippen molar-refractivity contribution in [1.82, 2.24) is 0 Å². The lowest BCUT2D eigenvalue weighted by Crippen LogP contribution is -2.20. The molecule has 120 valence electrons. The van der Waals surface area contributed by atoms with Crippen LogP contribution in [-0.4, -0.2) is 19.1 Å². The number of benzene rings is 1. The number of aryl methyl sites for hydroxylation is 1. The van der Waals surface area contributed by atoms with Crippen LogP contribution in [0.5, 0.6) is 11.5 Å². The molecule has 0 atom stereocenters. The van der Waals surface area contributed by atoms with E-state index < -0.39 is 0 Å². The second-order valence-corrected chi connectivity index (χ2v) is 6.07. The summed E-state index contributed by atoms with van der Waals surface area (Å²) in [4.78, 5) is 13.0. The van der Waals surface area contributed by atoms with Crippen LogP contribution in [0.4, 0.5) is 5.00 Å². The second-order valence-electron chi connectivity index (χ2n) is 4.84. The van der Waals surface area contributed by atoms with E-state index in [4.69, 9.17) is 14.7 Å². The molecule has 0 unspecified atom stereocenters. The fourth-order valence-electron chi connectivity index (χ4n) is 1.96. The van der Waals surface area contributed by atoms with E-state index in [9.17, 15) is 4.79 Å². The number of hydrogen-bond acceptors (Lipinski definition) is 5. The number of nitriles is 1. The van der Waals surface area contributed by atoms with Gasteiger partial charge >= 0.3 is 0 Å². The first-order valence-corrected chi connectivity index (χ1v) is 8.02. The van der Waals surface area contributed by atoms with Gasteiger partial charge in [0.05, 0.1) is 12.2 Å². The smallest absolute Gasteiger partial charge is 0.262 e. The highest BCUT2D eigenvalue weighted by Crippen LogP contribution is 2.31. The maximum Gasteiger partial charge on any atom is 0.262 e. The monoisotopic (exact) mass is 330 g/mol. The zero-order chi connectivity index (χ0) is 16.8. The topological polar surface area (TPSA) is 71.3 Å². The number of nitrogens with zero attached hydrogens (tertiary/aromatic N) is 1. The van der Waals surface area contributed by atoms with Crippen LogP contribution in [0, 0.1) is 25.2 Å². The number of ether oxygens (including phenoxy) is 2. The van der Waals surface area contributed by atoms with Gasteiger partial charge in [-0.2, -0.15) is 5.26 Å². The molecule has 2 rings (SSSR count). The third-order valence-electron chi connectivity index (χ3n) is 3.25. The van der Waals surface area contributed by atoms with E-state index in [0.717, 1.165) is 16.2 Å². The molecule has 23 heavy (non-hydrogen) atoms. The minimum absolute atomic E-state index is 0.116. The van der Waals surface area contributed by atoms with Crippen molar-refractivity contribution in [3.63, 3.8) is 0 Å². The molecule has 1 amide bonds. The molecule has 0 aliphatic carbocycles. The zero-order valence-electron chi connectivity index (χ0n) is 13.3. The van der Waals surface area contributed by atoms with Gasteiger partial charge in [0.25, 0.3) is 5.91 Å². The van der Waals surface area contributed by atoms with Crippen LogP contribution in [0.3, 0.4) is 0 Å². The minimum atomic E-state index is -0.295. The number of anilines is 1. The standard InChI is InChI=1S/C17H18N2O3S/c1-4-21-13-5-7-14(8-6-13)22-10-16(20)19-17-15(9-18)11(2)12(3)23-17/h5-8H,4,10H2,1-3H3,(H,19,20). The summed E-state index contributed by atoms with van der Waals surface area (Å²) in [6, 6.07) is 9.20. The lowest BCUT2D eigenvalue weighted by molar-refractivity contribution is -0.118. The van der Waals surface area contributed by atoms with Gasteiger partial charge in [0, 0.05) is 4.88 Å². The van der Waals surface area contributed by atoms with Gasteiger partial charge in [-0.05, 0) is 50.6 Å². The van der Waals surface area contributed by atoms with E-state index in [-0.39, 0.29) is 12.5 Å². The van der Waals surface area contributed by atoms with Crippen LogP contribution in [0.15, 0.2) is 24.3 Å². The van der Waals surface area contributed by atoms with Gasteiger partial charge in [-0.25, -0.2) is 0 Å². The molecule has 0 spiro atoms. The van der Waals surface area contributed by atoms with Crippen molar-refractivity contribution in [1.29, 1.82) is 5.26 Å². The van der Waals surface area contributed by atoms with E-state index >= 15 is 0 Å². The van der Waals surface area contributed by atoms with Gasteiger partial charge in [-0.1, -0.05) is 0 Å². The molecule has 1 N–H and O–H groups in total. The second kappa shape index (κ2) is 7.65. The van der Waals surface area contributed by atoms with Crippen molar-refractivity contribution < 1.29 is 14.3 Å². The molecule has 0 saturated heterocycles. The van der Waals surface area contributed by atoms with Crippen LogP contribution < -0.4 is 14.8 Å². The largest absolute Gasteiger partial charge is 0.494 e. The van der Waals surface area contributed by atoms with Crippen molar-refractivity contribution in [2.24, 2.45) is 0 Å². The van der Waals surface area contributed by atoms with E-state index in [1.54, 1.807) is 24.3 Å². The molecule has 0 radical (unpaired) electrons. The number of amides is 1. The summed E-state index contributed by atoms with van der Waals surface area (Å²) < 4.78 is 10.8. The van der Waals surface area contributed by atoms with Crippen molar-refractivity contribution >= 4 is 22.2 Å².